The molecule has 0 atom stereocenters. The van der Waals surface area contributed by atoms with Gasteiger partial charge in [0.25, 0.3) is 0 Å². The van der Waals surface area contributed by atoms with Gasteiger partial charge in [0.2, 0.25) is 10.0 Å². The summed E-state index contributed by atoms with van der Waals surface area (Å²) in [5.41, 5.74) is 7.57. The Hall–Kier alpha value is -1.83. The van der Waals surface area contributed by atoms with Crippen LogP contribution in [0, 0.1) is 12.7 Å². The quantitative estimate of drug-likeness (QED) is 0.876. The number of nitrogens with zero attached hydrogens (tertiary/aromatic N) is 1. The van der Waals surface area contributed by atoms with E-state index in [4.69, 9.17) is 5.73 Å². The number of nitrogens with two attached hydrogens (primary N) is 1. The molecule has 5 nitrogen and oxygen atoms in total. The molecule has 0 aliphatic heterocycles. The van der Waals surface area contributed by atoms with E-state index in [9.17, 15) is 12.8 Å². The topological polar surface area (TPSA) is 85.1 Å². The summed E-state index contributed by atoms with van der Waals surface area (Å²) in [5, 5.41) is 0. The summed E-state index contributed by atoms with van der Waals surface area (Å²) in [6.07, 6.45) is 3.20. The van der Waals surface area contributed by atoms with Gasteiger partial charge in [0.1, 0.15) is 10.7 Å². The summed E-state index contributed by atoms with van der Waals surface area (Å²) in [7, 11) is -3.92. The Morgan fingerprint density at radius 2 is 2.10 bits per heavy atom. The first-order valence-corrected chi connectivity index (χ1v) is 7.80. The highest BCUT2D eigenvalue weighted by Gasteiger charge is 2.19. The normalized spacial score (nSPS) is 11.6. The highest BCUT2D eigenvalue weighted by atomic mass is 32.2. The molecule has 0 aliphatic carbocycles. The number of benzene rings is 1. The lowest BCUT2D eigenvalue weighted by Gasteiger charge is -2.10. The highest BCUT2D eigenvalue weighted by Crippen LogP contribution is 2.16. The number of pyridine rings is 1. The second-order valence-corrected chi connectivity index (χ2v) is 6.33. The van der Waals surface area contributed by atoms with Gasteiger partial charge in [-0.25, -0.2) is 17.5 Å². The van der Waals surface area contributed by atoms with Crippen LogP contribution < -0.4 is 10.5 Å². The van der Waals surface area contributed by atoms with Crippen LogP contribution in [0.3, 0.4) is 0 Å². The molecule has 0 spiro atoms. The highest BCUT2D eigenvalue weighted by molar-refractivity contribution is 7.89. The maximum atomic E-state index is 13.9. The smallest absolute Gasteiger partial charge is 0.243 e. The van der Waals surface area contributed by atoms with Crippen LogP contribution in [0.4, 0.5) is 4.39 Å². The minimum atomic E-state index is -3.92. The van der Waals surface area contributed by atoms with Crippen molar-refractivity contribution < 1.29 is 12.8 Å². The van der Waals surface area contributed by atoms with Gasteiger partial charge in [-0.15, -0.1) is 0 Å². The third kappa shape index (κ3) is 3.63. The average molecular weight is 309 g/mol. The number of nitrogens with one attached hydrogen (secondary N) is 1. The van der Waals surface area contributed by atoms with Crippen LogP contribution in [0.15, 0.2) is 41.6 Å². The molecule has 112 valence electrons. The molecule has 0 saturated carbocycles. The van der Waals surface area contributed by atoms with Crippen LogP contribution in [0.1, 0.15) is 16.7 Å². The van der Waals surface area contributed by atoms with Gasteiger partial charge in [0, 0.05) is 25.5 Å². The Morgan fingerprint density at radius 3 is 2.71 bits per heavy atom. The maximum absolute atomic E-state index is 13.9. The number of hydrogen-bond donors (Lipinski definition) is 2. The number of halogens is 1. The molecule has 1 aromatic heterocycles. The Labute approximate surface area is 123 Å². The zero-order chi connectivity index (χ0) is 15.5. The van der Waals surface area contributed by atoms with Crippen LogP contribution in [-0.4, -0.2) is 13.4 Å². The third-order valence-electron chi connectivity index (χ3n) is 3.12. The predicted octanol–water partition coefficient (Wildman–Crippen LogP) is 1.47. The summed E-state index contributed by atoms with van der Waals surface area (Å²) in [4.78, 5) is 3.55. The molecule has 2 rings (SSSR count). The molecule has 7 heteroatoms. The van der Waals surface area contributed by atoms with Crippen LogP contribution >= 0.6 is 0 Å². The minimum absolute atomic E-state index is 0.0556. The fourth-order valence-corrected chi connectivity index (χ4v) is 2.89. The lowest BCUT2D eigenvalue weighted by molar-refractivity contribution is 0.555. The Kier molecular flexibility index (Phi) is 4.66. The second-order valence-electron chi connectivity index (χ2n) is 4.60. The molecule has 3 N–H and O–H groups in total. The van der Waals surface area contributed by atoms with Crippen LogP contribution in [0.25, 0.3) is 0 Å². The lowest BCUT2D eigenvalue weighted by atomic mass is 10.2. The molecule has 0 radical (unpaired) electrons. The lowest BCUT2D eigenvalue weighted by Crippen LogP contribution is -2.24. The van der Waals surface area contributed by atoms with Crippen LogP contribution in [0.5, 0.6) is 0 Å². The fraction of sp³-hybridized carbons (Fsp3) is 0.214. The molecule has 1 heterocycles. The molecule has 0 saturated heterocycles. The summed E-state index contributed by atoms with van der Waals surface area (Å²) in [5.74, 6) is -0.812. The molecule has 21 heavy (non-hydrogen) atoms. The standard InChI is InChI=1S/C14H16FN3O2S/c1-10-4-5-17-8-12(10)9-18-21(19,20)14-3-2-11(7-16)6-13(14)15/h2-6,8,18H,7,9,16H2,1H3. The van der Waals surface area contributed by atoms with Crippen molar-refractivity contribution in [3.8, 4) is 0 Å². The van der Waals surface area contributed by atoms with E-state index < -0.39 is 15.8 Å². The molecule has 0 bridgehead atoms. The fourth-order valence-electron chi connectivity index (χ4n) is 1.82. The second kappa shape index (κ2) is 6.30. The van der Waals surface area contributed by atoms with Crippen LogP contribution in [-0.2, 0) is 23.1 Å². The van der Waals surface area contributed by atoms with Crippen molar-refractivity contribution in [1.29, 1.82) is 0 Å². The number of aromatic nitrogens is 1. The predicted molar refractivity (Wildman–Crippen MR) is 77.3 cm³/mol. The Bertz CT molecular complexity index is 748. The van der Waals surface area contributed by atoms with Crippen molar-refractivity contribution in [3.05, 3.63) is 59.2 Å². The van der Waals surface area contributed by atoms with E-state index in [1.165, 1.54) is 12.1 Å². The van der Waals surface area contributed by atoms with Crippen LogP contribution in [0.2, 0.25) is 0 Å². The van der Waals surface area contributed by atoms with E-state index in [1.807, 2.05) is 6.92 Å². The Balaban J connectivity index is 2.21. The molecule has 0 amide bonds. The van der Waals surface area contributed by atoms with Crippen molar-refractivity contribution >= 4 is 10.0 Å². The Morgan fingerprint density at radius 1 is 1.33 bits per heavy atom. The first kappa shape index (κ1) is 15.6. The van der Waals surface area contributed by atoms with E-state index in [2.05, 4.69) is 9.71 Å². The third-order valence-corrected chi connectivity index (χ3v) is 4.56. The summed E-state index contributed by atoms with van der Waals surface area (Å²) in [6, 6.07) is 5.62. The van der Waals surface area contributed by atoms with Crippen molar-refractivity contribution in [3.63, 3.8) is 0 Å². The van der Waals surface area contributed by atoms with Gasteiger partial charge in [-0.1, -0.05) is 6.07 Å². The maximum Gasteiger partial charge on any atom is 0.243 e. The van der Waals surface area contributed by atoms with Crippen molar-refractivity contribution in [1.82, 2.24) is 9.71 Å². The zero-order valence-corrected chi connectivity index (χ0v) is 12.3. The first-order valence-electron chi connectivity index (χ1n) is 6.31. The van der Waals surface area contributed by atoms with Gasteiger partial charge in [0.05, 0.1) is 0 Å². The SMILES string of the molecule is Cc1ccncc1CNS(=O)(=O)c1ccc(CN)cc1F. The summed E-state index contributed by atoms with van der Waals surface area (Å²) >= 11 is 0. The van der Waals surface area contributed by atoms with Crippen molar-refractivity contribution in [2.45, 2.75) is 24.9 Å². The molecule has 0 aliphatic rings. The summed E-state index contributed by atoms with van der Waals surface area (Å²) in [6.45, 7) is 2.06. The molecule has 0 unspecified atom stereocenters. The van der Waals surface area contributed by atoms with Crippen molar-refractivity contribution in [2.75, 3.05) is 0 Å². The van der Waals surface area contributed by atoms with Crippen molar-refractivity contribution in [2.24, 2.45) is 5.73 Å². The molecule has 2 aromatic rings. The molecule has 0 fully saturated rings. The van der Waals surface area contributed by atoms with Gasteiger partial charge in [-0.3, -0.25) is 4.98 Å². The largest absolute Gasteiger partial charge is 0.326 e. The van der Waals surface area contributed by atoms with E-state index in [-0.39, 0.29) is 18.0 Å². The summed E-state index contributed by atoms with van der Waals surface area (Å²) < 4.78 is 40.5. The number of sulfonamides is 1. The van der Waals surface area contributed by atoms with Gasteiger partial charge >= 0.3 is 0 Å². The average Bonchev–Trinajstić information content (AvgIpc) is 2.46. The zero-order valence-electron chi connectivity index (χ0n) is 11.5. The molecular formula is C14H16FN3O2S. The molecular weight excluding hydrogens is 293 g/mol. The number of hydrogen-bond acceptors (Lipinski definition) is 4. The number of rotatable bonds is 5. The molecule has 1 aromatic carbocycles. The van der Waals surface area contributed by atoms with Gasteiger partial charge in [-0.2, -0.15) is 0 Å². The van der Waals surface area contributed by atoms with Gasteiger partial charge < -0.3 is 5.73 Å². The first-order chi connectivity index (χ1) is 9.94. The minimum Gasteiger partial charge on any atom is -0.326 e. The monoisotopic (exact) mass is 309 g/mol. The van der Waals surface area contributed by atoms with E-state index >= 15 is 0 Å². The van der Waals surface area contributed by atoms with Gasteiger partial charge in [-0.05, 0) is 41.8 Å². The van der Waals surface area contributed by atoms with E-state index in [1.54, 1.807) is 18.5 Å². The van der Waals surface area contributed by atoms with E-state index in [0.29, 0.717) is 5.56 Å². The van der Waals surface area contributed by atoms with E-state index in [0.717, 1.165) is 17.2 Å². The van der Waals surface area contributed by atoms with Gasteiger partial charge in [0.15, 0.2) is 0 Å². The number of aryl methyl sites for hydroxylation is 1.